The van der Waals surface area contributed by atoms with Crippen LogP contribution in [0.5, 0.6) is 0 Å². The van der Waals surface area contributed by atoms with E-state index >= 15 is 0 Å². The van der Waals surface area contributed by atoms with Crippen molar-refractivity contribution in [2.24, 2.45) is 0 Å². The molecular weight excluding hydrogens is 219 g/mol. The van der Waals surface area contributed by atoms with E-state index < -0.39 is 0 Å². The van der Waals surface area contributed by atoms with E-state index in [4.69, 9.17) is 11.6 Å². The monoisotopic (exact) mass is 228 g/mol. The molecular formula is C11H10ClFS. The summed E-state index contributed by atoms with van der Waals surface area (Å²) in [4.78, 5) is 0. The van der Waals surface area contributed by atoms with Crippen LogP contribution in [0.3, 0.4) is 0 Å². The average Bonchev–Trinajstić information content (AvgIpc) is 2.57. The summed E-state index contributed by atoms with van der Waals surface area (Å²) in [7, 11) is 0. The molecule has 0 aliphatic carbocycles. The van der Waals surface area contributed by atoms with Gasteiger partial charge in [0.2, 0.25) is 0 Å². The molecule has 14 heavy (non-hydrogen) atoms. The molecule has 0 atom stereocenters. The van der Waals surface area contributed by atoms with Gasteiger partial charge in [-0.3, -0.25) is 0 Å². The summed E-state index contributed by atoms with van der Waals surface area (Å²) in [5.74, 6) is 0.496. The van der Waals surface area contributed by atoms with Crippen molar-refractivity contribution in [2.45, 2.75) is 12.8 Å². The molecule has 2 rings (SSSR count). The van der Waals surface area contributed by atoms with E-state index in [-0.39, 0.29) is 5.82 Å². The Bertz CT molecular complexity index is 436. The van der Waals surface area contributed by atoms with E-state index in [2.05, 4.69) is 5.38 Å². The Morgan fingerprint density at radius 2 is 2.21 bits per heavy atom. The third-order valence-corrected chi connectivity index (χ3v) is 3.48. The highest BCUT2D eigenvalue weighted by molar-refractivity contribution is 7.17. The number of hydrogen-bond acceptors (Lipinski definition) is 1. The highest BCUT2D eigenvalue weighted by Crippen LogP contribution is 2.27. The number of benzene rings is 1. The average molecular weight is 229 g/mol. The first kappa shape index (κ1) is 9.94. The van der Waals surface area contributed by atoms with Crippen LogP contribution in [0.2, 0.25) is 0 Å². The van der Waals surface area contributed by atoms with Crippen molar-refractivity contribution in [1.82, 2.24) is 0 Å². The summed E-state index contributed by atoms with van der Waals surface area (Å²) in [5.41, 5.74) is 1.21. The Labute approximate surface area is 91.3 Å². The van der Waals surface area contributed by atoms with Crippen LogP contribution in [0.4, 0.5) is 4.39 Å². The molecule has 3 heteroatoms. The van der Waals surface area contributed by atoms with Gasteiger partial charge in [-0.1, -0.05) is 0 Å². The minimum absolute atomic E-state index is 0.164. The van der Waals surface area contributed by atoms with E-state index in [1.54, 1.807) is 17.4 Å². The lowest BCUT2D eigenvalue weighted by atomic mass is 10.1. The van der Waals surface area contributed by atoms with Crippen LogP contribution in [-0.4, -0.2) is 5.88 Å². The molecule has 0 fully saturated rings. The van der Waals surface area contributed by atoms with Gasteiger partial charge < -0.3 is 0 Å². The second-order valence-corrected chi connectivity index (χ2v) is 4.48. The van der Waals surface area contributed by atoms with E-state index in [1.165, 1.54) is 11.6 Å². The molecule has 1 aromatic heterocycles. The molecule has 74 valence electrons. The number of rotatable bonds is 3. The molecule has 1 aromatic carbocycles. The molecule has 0 spiro atoms. The van der Waals surface area contributed by atoms with Crippen LogP contribution in [-0.2, 0) is 6.42 Å². The van der Waals surface area contributed by atoms with Gasteiger partial charge in [0.15, 0.2) is 0 Å². The van der Waals surface area contributed by atoms with Crippen LogP contribution >= 0.6 is 22.9 Å². The maximum atomic E-state index is 13.0. The maximum absolute atomic E-state index is 13.0. The van der Waals surface area contributed by atoms with Crippen molar-refractivity contribution < 1.29 is 4.39 Å². The zero-order valence-corrected chi connectivity index (χ0v) is 9.17. The lowest BCUT2D eigenvalue weighted by molar-refractivity contribution is 0.629. The molecule has 2 aromatic rings. The van der Waals surface area contributed by atoms with Crippen molar-refractivity contribution in [3.05, 3.63) is 35.0 Å². The molecule has 0 aliphatic heterocycles. The fraction of sp³-hybridized carbons (Fsp3) is 0.273. The van der Waals surface area contributed by atoms with Gasteiger partial charge in [-0.25, -0.2) is 4.39 Å². The Morgan fingerprint density at radius 1 is 1.36 bits per heavy atom. The fourth-order valence-corrected chi connectivity index (χ4v) is 2.62. The Hall–Kier alpha value is -0.600. The van der Waals surface area contributed by atoms with Gasteiger partial charge >= 0.3 is 0 Å². The predicted octanol–water partition coefficient (Wildman–Crippen LogP) is 4.21. The predicted molar refractivity (Wildman–Crippen MR) is 60.8 cm³/mol. The van der Waals surface area contributed by atoms with Crippen LogP contribution in [0, 0.1) is 5.82 Å². The summed E-state index contributed by atoms with van der Waals surface area (Å²) < 4.78 is 14.1. The molecule has 0 nitrogen and oxygen atoms in total. The van der Waals surface area contributed by atoms with Gasteiger partial charge in [0.25, 0.3) is 0 Å². The highest BCUT2D eigenvalue weighted by atomic mass is 35.5. The largest absolute Gasteiger partial charge is 0.207 e. The first-order chi connectivity index (χ1) is 6.81. The van der Waals surface area contributed by atoms with Crippen LogP contribution in [0.1, 0.15) is 12.0 Å². The van der Waals surface area contributed by atoms with Gasteiger partial charge in [-0.15, -0.1) is 22.9 Å². The molecule has 0 N–H and O–H groups in total. The SMILES string of the molecule is Fc1ccc2scc(CCCCl)c2c1. The quantitative estimate of drug-likeness (QED) is 0.691. The molecule has 0 aliphatic rings. The smallest absolute Gasteiger partial charge is 0.123 e. The topological polar surface area (TPSA) is 0 Å². The summed E-state index contributed by atoms with van der Waals surface area (Å²) in [6.45, 7) is 0. The molecule has 0 unspecified atom stereocenters. The number of thiophene rings is 1. The van der Waals surface area contributed by atoms with Crippen molar-refractivity contribution in [1.29, 1.82) is 0 Å². The second-order valence-electron chi connectivity index (χ2n) is 3.19. The van der Waals surface area contributed by atoms with Gasteiger partial charge in [0.1, 0.15) is 5.82 Å². The lowest BCUT2D eigenvalue weighted by Crippen LogP contribution is -1.84. The van der Waals surface area contributed by atoms with Gasteiger partial charge in [0, 0.05) is 10.6 Å². The maximum Gasteiger partial charge on any atom is 0.123 e. The standard InChI is InChI=1S/C11H10ClFS/c12-5-1-2-8-7-14-11-4-3-9(13)6-10(8)11/h3-4,6-7H,1-2,5H2. The van der Waals surface area contributed by atoms with Gasteiger partial charge in [0.05, 0.1) is 0 Å². The van der Waals surface area contributed by atoms with E-state index in [0.717, 1.165) is 22.9 Å². The summed E-state index contributed by atoms with van der Waals surface area (Å²) in [6.07, 6.45) is 1.89. The zero-order chi connectivity index (χ0) is 9.97. The number of aryl methyl sites for hydroxylation is 1. The molecule has 0 bridgehead atoms. The minimum atomic E-state index is -0.164. The number of fused-ring (bicyclic) bond motifs is 1. The Kier molecular flexibility index (Phi) is 3.04. The second kappa shape index (κ2) is 4.28. The molecule has 0 saturated heterocycles. The number of hydrogen-bond donors (Lipinski definition) is 0. The summed E-state index contributed by atoms with van der Waals surface area (Å²) in [5, 5.41) is 3.14. The van der Waals surface area contributed by atoms with Crippen molar-refractivity contribution in [3.8, 4) is 0 Å². The van der Waals surface area contributed by atoms with E-state index in [9.17, 15) is 4.39 Å². The Morgan fingerprint density at radius 3 is 3.00 bits per heavy atom. The zero-order valence-electron chi connectivity index (χ0n) is 7.59. The van der Waals surface area contributed by atoms with Crippen molar-refractivity contribution in [3.63, 3.8) is 0 Å². The lowest BCUT2D eigenvalue weighted by Gasteiger charge is -1.96. The summed E-state index contributed by atoms with van der Waals surface area (Å²) >= 11 is 7.29. The number of halogens is 2. The van der Waals surface area contributed by atoms with E-state index in [1.807, 2.05) is 6.07 Å². The Balaban J connectivity index is 2.40. The van der Waals surface area contributed by atoms with E-state index in [0.29, 0.717) is 5.88 Å². The van der Waals surface area contributed by atoms with Crippen LogP contribution in [0.25, 0.3) is 10.1 Å². The van der Waals surface area contributed by atoms with Crippen LogP contribution < -0.4 is 0 Å². The number of alkyl halides is 1. The fourth-order valence-electron chi connectivity index (χ4n) is 1.50. The van der Waals surface area contributed by atoms with Crippen molar-refractivity contribution in [2.75, 3.05) is 5.88 Å². The first-order valence-electron chi connectivity index (χ1n) is 4.53. The van der Waals surface area contributed by atoms with Crippen molar-refractivity contribution >= 4 is 33.0 Å². The van der Waals surface area contributed by atoms with Crippen LogP contribution in [0.15, 0.2) is 23.6 Å². The molecule has 0 radical (unpaired) electrons. The third kappa shape index (κ3) is 1.91. The molecule has 0 saturated carbocycles. The third-order valence-electron chi connectivity index (χ3n) is 2.20. The molecule has 0 amide bonds. The highest BCUT2D eigenvalue weighted by Gasteiger charge is 2.04. The normalized spacial score (nSPS) is 11.0. The van der Waals surface area contributed by atoms with Gasteiger partial charge in [-0.2, -0.15) is 0 Å². The minimum Gasteiger partial charge on any atom is -0.207 e. The van der Waals surface area contributed by atoms with Gasteiger partial charge in [-0.05, 0) is 47.4 Å². The molecule has 1 heterocycles. The summed E-state index contributed by atoms with van der Waals surface area (Å²) in [6, 6.07) is 4.94. The first-order valence-corrected chi connectivity index (χ1v) is 5.94.